The standard InChI is InChI=1S/C23H35N5O3.HI/c1-6-24-23(28-10-8-17(16-28)11-18-14-26-27(2)15-18)25-9-7-20-21(30-4)12-19(29-3)13-22(20)31-5;/h12-15,17H,6-11,16H2,1-5H3,(H,24,25);1H. The van der Waals surface area contributed by atoms with Crippen LogP contribution in [0.5, 0.6) is 17.2 Å². The van der Waals surface area contributed by atoms with Crippen molar-refractivity contribution in [3.8, 4) is 17.2 Å². The maximum Gasteiger partial charge on any atom is 0.193 e. The highest BCUT2D eigenvalue weighted by Gasteiger charge is 2.25. The number of nitrogens with zero attached hydrogens (tertiary/aromatic N) is 4. The summed E-state index contributed by atoms with van der Waals surface area (Å²) in [5.41, 5.74) is 2.30. The summed E-state index contributed by atoms with van der Waals surface area (Å²) < 4.78 is 18.3. The normalized spacial score (nSPS) is 16.0. The lowest BCUT2D eigenvalue weighted by Crippen LogP contribution is -2.40. The van der Waals surface area contributed by atoms with E-state index in [4.69, 9.17) is 19.2 Å². The number of halogens is 1. The highest BCUT2D eigenvalue weighted by Crippen LogP contribution is 2.34. The van der Waals surface area contributed by atoms with Crippen molar-refractivity contribution >= 4 is 29.9 Å². The SMILES string of the molecule is CCNC(=NCCc1c(OC)cc(OC)cc1OC)N1CCC(Cc2cnn(C)c2)C1.I. The molecule has 178 valence electrons. The Morgan fingerprint density at radius 3 is 2.47 bits per heavy atom. The zero-order valence-corrected chi connectivity index (χ0v) is 22.1. The second-order valence-electron chi connectivity index (χ2n) is 7.82. The molecule has 1 aromatic carbocycles. The summed E-state index contributed by atoms with van der Waals surface area (Å²) in [7, 11) is 6.93. The summed E-state index contributed by atoms with van der Waals surface area (Å²) in [5, 5.41) is 7.74. The largest absolute Gasteiger partial charge is 0.496 e. The second-order valence-corrected chi connectivity index (χ2v) is 7.82. The fourth-order valence-corrected chi connectivity index (χ4v) is 4.13. The summed E-state index contributed by atoms with van der Waals surface area (Å²) in [4.78, 5) is 7.27. The van der Waals surface area contributed by atoms with Gasteiger partial charge in [0.05, 0.1) is 27.5 Å². The Morgan fingerprint density at radius 2 is 1.91 bits per heavy atom. The van der Waals surface area contributed by atoms with E-state index < -0.39 is 0 Å². The Balaban J connectivity index is 0.00000363. The van der Waals surface area contributed by atoms with Crippen LogP contribution in [-0.2, 0) is 19.9 Å². The van der Waals surface area contributed by atoms with Gasteiger partial charge < -0.3 is 24.4 Å². The van der Waals surface area contributed by atoms with Crippen molar-refractivity contribution in [1.29, 1.82) is 0 Å². The fourth-order valence-electron chi connectivity index (χ4n) is 4.13. The number of aryl methyl sites for hydroxylation is 1. The van der Waals surface area contributed by atoms with Gasteiger partial charge in [0.15, 0.2) is 5.96 Å². The number of likely N-dealkylation sites (tertiary alicyclic amines) is 1. The molecule has 9 heteroatoms. The molecule has 1 fully saturated rings. The quantitative estimate of drug-likeness (QED) is 0.290. The molecule has 1 aliphatic heterocycles. The molecule has 3 rings (SSSR count). The monoisotopic (exact) mass is 557 g/mol. The number of guanidine groups is 1. The van der Waals surface area contributed by atoms with Crippen LogP contribution >= 0.6 is 24.0 Å². The molecule has 0 amide bonds. The Morgan fingerprint density at radius 1 is 1.19 bits per heavy atom. The molecule has 1 atom stereocenters. The van der Waals surface area contributed by atoms with Gasteiger partial charge in [-0.2, -0.15) is 5.10 Å². The minimum Gasteiger partial charge on any atom is -0.496 e. The first-order chi connectivity index (χ1) is 15.1. The van der Waals surface area contributed by atoms with Gasteiger partial charge in [0.1, 0.15) is 17.2 Å². The first-order valence-electron chi connectivity index (χ1n) is 10.9. The Hall–Kier alpha value is -2.17. The molecule has 32 heavy (non-hydrogen) atoms. The van der Waals surface area contributed by atoms with Gasteiger partial charge in [-0.25, -0.2) is 0 Å². The lowest BCUT2D eigenvalue weighted by atomic mass is 10.0. The molecule has 2 heterocycles. The van der Waals surface area contributed by atoms with Crippen molar-refractivity contribution in [1.82, 2.24) is 20.0 Å². The Labute approximate surface area is 208 Å². The third kappa shape index (κ3) is 6.66. The van der Waals surface area contributed by atoms with Gasteiger partial charge in [0.2, 0.25) is 0 Å². The van der Waals surface area contributed by atoms with Crippen molar-refractivity contribution < 1.29 is 14.2 Å². The molecule has 1 aromatic heterocycles. The number of nitrogens with one attached hydrogen (secondary N) is 1. The topological polar surface area (TPSA) is 73.1 Å². The summed E-state index contributed by atoms with van der Waals surface area (Å²) in [6.45, 7) is 5.62. The molecule has 0 bridgehead atoms. The van der Waals surface area contributed by atoms with Crippen molar-refractivity contribution in [2.24, 2.45) is 18.0 Å². The maximum atomic E-state index is 5.57. The maximum absolute atomic E-state index is 5.57. The molecular weight excluding hydrogens is 521 g/mol. The Bertz CT molecular complexity index is 861. The first kappa shape index (κ1) is 26.1. The summed E-state index contributed by atoms with van der Waals surface area (Å²) in [6, 6.07) is 3.77. The van der Waals surface area contributed by atoms with Crippen molar-refractivity contribution in [3.63, 3.8) is 0 Å². The zero-order valence-electron chi connectivity index (χ0n) is 19.8. The smallest absolute Gasteiger partial charge is 0.193 e. The van der Waals surface area contributed by atoms with Gasteiger partial charge >= 0.3 is 0 Å². The van der Waals surface area contributed by atoms with Crippen LogP contribution in [0.3, 0.4) is 0 Å². The second kappa shape index (κ2) is 12.8. The van der Waals surface area contributed by atoms with E-state index in [0.717, 1.165) is 55.5 Å². The van der Waals surface area contributed by atoms with E-state index in [2.05, 4.69) is 28.4 Å². The molecule has 0 spiro atoms. The van der Waals surface area contributed by atoms with Gasteiger partial charge in [-0.05, 0) is 37.7 Å². The lowest BCUT2D eigenvalue weighted by molar-refractivity contribution is 0.369. The number of hydrogen-bond acceptors (Lipinski definition) is 5. The number of aromatic nitrogens is 2. The summed E-state index contributed by atoms with van der Waals surface area (Å²) in [6.07, 6.45) is 7.02. The van der Waals surface area contributed by atoms with Crippen molar-refractivity contribution in [2.75, 3.05) is 47.5 Å². The number of benzene rings is 1. The van der Waals surface area contributed by atoms with Crippen LogP contribution in [0.1, 0.15) is 24.5 Å². The van der Waals surface area contributed by atoms with Crippen LogP contribution in [-0.4, -0.2) is 68.1 Å². The summed E-state index contributed by atoms with van der Waals surface area (Å²) in [5.74, 6) is 3.83. The number of hydrogen-bond donors (Lipinski definition) is 1. The molecule has 1 unspecified atom stereocenters. The molecular formula is C23H36IN5O3. The van der Waals surface area contributed by atoms with Crippen LogP contribution < -0.4 is 19.5 Å². The van der Waals surface area contributed by atoms with Crippen molar-refractivity contribution in [2.45, 2.75) is 26.2 Å². The average molecular weight is 557 g/mol. The predicted molar refractivity (Wildman–Crippen MR) is 138 cm³/mol. The highest BCUT2D eigenvalue weighted by molar-refractivity contribution is 14.0. The van der Waals surface area contributed by atoms with E-state index in [-0.39, 0.29) is 24.0 Å². The first-order valence-corrected chi connectivity index (χ1v) is 10.9. The van der Waals surface area contributed by atoms with Gasteiger partial charge in [-0.3, -0.25) is 9.67 Å². The highest BCUT2D eigenvalue weighted by atomic mass is 127. The van der Waals surface area contributed by atoms with E-state index in [1.54, 1.807) is 21.3 Å². The summed E-state index contributed by atoms with van der Waals surface area (Å²) >= 11 is 0. The lowest BCUT2D eigenvalue weighted by Gasteiger charge is -2.22. The molecule has 1 aliphatic rings. The third-order valence-corrected chi connectivity index (χ3v) is 5.64. The number of aliphatic imine (C=N–C) groups is 1. The van der Waals surface area contributed by atoms with E-state index in [0.29, 0.717) is 18.2 Å². The van der Waals surface area contributed by atoms with Gasteiger partial charge in [-0.15, -0.1) is 24.0 Å². The molecule has 1 saturated heterocycles. The predicted octanol–water partition coefficient (Wildman–Crippen LogP) is 3.14. The van der Waals surface area contributed by atoms with Crippen LogP contribution in [0.15, 0.2) is 29.5 Å². The minimum absolute atomic E-state index is 0. The molecule has 0 saturated carbocycles. The molecule has 0 aliphatic carbocycles. The molecule has 1 N–H and O–H groups in total. The van der Waals surface area contributed by atoms with E-state index in [1.807, 2.05) is 30.1 Å². The van der Waals surface area contributed by atoms with Gasteiger partial charge in [0.25, 0.3) is 0 Å². The van der Waals surface area contributed by atoms with Crippen LogP contribution in [0.4, 0.5) is 0 Å². The average Bonchev–Trinajstić information content (AvgIpc) is 3.41. The third-order valence-electron chi connectivity index (χ3n) is 5.64. The van der Waals surface area contributed by atoms with Gasteiger partial charge in [0, 0.05) is 57.1 Å². The zero-order chi connectivity index (χ0) is 22.2. The van der Waals surface area contributed by atoms with Crippen molar-refractivity contribution in [3.05, 3.63) is 35.7 Å². The molecule has 8 nitrogen and oxygen atoms in total. The van der Waals surface area contributed by atoms with E-state index in [9.17, 15) is 0 Å². The molecule has 0 radical (unpaired) electrons. The molecule has 2 aromatic rings. The van der Waals surface area contributed by atoms with Crippen LogP contribution in [0.25, 0.3) is 0 Å². The van der Waals surface area contributed by atoms with E-state index in [1.165, 1.54) is 12.0 Å². The fraction of sp³-hybridized carbons (Fsp3) is 0.565. The van der Waals surface area contributed by atoms with Crippen LogP contribution in [0, 0.1) is 5.92 Å². The van der Waals surface area contributed by atoms with E-state index >= 15 is 0 Å². The number of methoxy groups -OCH3 is 3. The van der Waals surface area contributed by atoms with Crippen LogP contribution in [0.2, 0.25) is 0 Å². The van der Waals surface area contributed by atoms with Gasteiger partial charge in [-0.1, -0.05) is 0 Å². The number of ether oxygens (including phenoxy) is 3. The number of rotatable bonds is 9. The minimum atomic E-state index is 0. The Kier molecular flexibility index (Phi) is 10.4.